The van der Waals surface area contributed by atoms with Crippen LogP contribution in [0.4, 0.5) is 5.13 Å². The molecule has 4 aromatic rings. The maximum absolute atomic E-state index is 13.2. The molecule has 32 heavy (non-hydrogen) atoms. The number of carbonyl (C=O) groups excluding carboxylic acids is 1. The van der Waals surface area contributed by atoms with E-state index in [0.29, 0.717) is 10.7 Å². The van der Waals surface area contributed by atoms with E-state index in [2.05, 4.69) is 15.3 Å². The number of methoxy groups -OCH3 is 1. The van der Waals surface area contributed by atoms with E-state index >= 15 is 0 Å². The number of benzene rings is 2. The van der Waals surface area contributed by atoms with Gasteiger partial charge in [-0.25, -0.2) is 4.98 Å². The zero-order valence-corrected chi connectivity index (χ0v) is 19.4. The molecular weight excluding hydrogens is 442 g/mol. The Morgan fingerprint density at radius 3 is 2.34 bits per heavy atom. The molecule has 0 aliphatic carbocycles. The number of hydrogen-bond acceptors (Lipinski definition) is 6. The molecule has 0 fully saturated rings. The zero-order chi connectivity index (χ0) is 22.7. The smallest absolute Gasteiger partial charge is 0.257 e. The van der Waals surface area contributed by atoms with E-state index in [1.54, 1.807) is 31.6 Å². The number of aromatic nitrogens is 2. The van der Waals surface area contributed by atoms with Crippen LogP contribution in [0.2, 0.25) is 0 Å². The van der Waals surface area contributed by atoms with Crippen molar-refractivity contribution < 1.29 is 14.1 Å². The molecule has 0 radical (unpaired) electrons. The van der Waals surface area contributed by atoms with Crippen LogP contribution in [0.25, 0.3) is 11.3 Å². The fourth-order valence-electron chi connectivity index (χ4n) is 3.34. The first-order valence-electron chi connectivity index (χ1n) is 9.80. The maximum Gasteiger partial charge on any atom is 0.257 e. The summed E-state index contributed by atoms with van der Waals surface area (Å²) in [5.41, 5.74) is 4.03. The van der Waals surface area contributed by atoms with Crippen molar-refractivity contribution in [3.8, 4) is 17.0 Å². The summed E-state index contributed by atoms with van der Waals surface area (Å²) in [6, 6.07) is 14.5. The molecule has 0 aliphatic heterocycles. The summed E-state index contributed by atoms with van der Waals surface area (Å²) < 4.78 is 18.4. The number of thiazole rings is 1. The first-order valence-corrected chi connectivity index (χ1v) is 11.8. The van der Waals surface area contributed by atoms with E-state index in [-0.39, 0.29) is 5.91 Å². The Balaban J connectivity index is 1.56. The summed E-state index contributed by atoms with van der Waals surface area (Å²) in [4.78, 5) is 22.3. The third-order valence-corrected chi connectivity index (χ3v) is 7.35. The van der Waals surface area contributed by atoms with Gasteiger partial charge in [-0.3, -0.25) is 15.1 Å². The van der Waals surface area contributed by atoms with Crippen molar-refractivity contribution in [2.45, 2.75) is 23.6 Å². The summed E-state index contributed by atoms with van der Waals surface area (Å²) in [6.45, 7) is 3.90. The van der Waals surface area contributed by atoms with Gasteiger partial charge in [-0.15, -0.1) is 11.3 Å². The Labute approximate surface area is 193 Å². The minimum atomic E-state index is -1.30. The van der Waals surface area contributed by atoms with E-state index in [1.165, 1.54) is 11.3 Å². The van der Waals surface area contributed by atoms with Gasteiger partial charge in [-0.2, -0.15) is 0 Å². The number of ether oxygens (including phenoxy) is 1. The van der Waals surface area contributed by atoms with E-state index in [9.17, 15) is 9.35 Å². The van der Waals surface area contributed by atoms with Gasteiger partial charge < -0.3 is 9.29 Å². The third kappa shape index (κ3) is 4.67. The Bertz CT molecular complexity index is 1220. The van der Waals surface area contributed by atoms with Gasteiger partial charge >= 0.3 is 0 Å². The van der Waals surface area contributed by atoms with Crippen LogP contribution in [0.15, 0.2) is 76.1 Å². The van der Waals surface area contributed by atoms with E-state index in [4.69, 9.17) is 4.74 Å². The van der Waals surface area contributed by atoms with Gasteiger partial charge in [0.2, 0.25) is 0 Å². The number of aryl methyl sites for hydroxylation is 2. The second-order valence-corrected chi connectivity index (χ2v) is 9.39. The molecule has 0 spiro atoms. The molecule has 6 nitrogen and oxygen atoms in total. The lowest BCUT2D eigenvalue weighted by atomic mass is 10.1. The van der Waals surface area contributed by atoms with Gasteiger partial charge in [0.25, 0.3) is 5.91 Å². The molecule has 1 amide bonds. The molecule has 162 valence electrons. The highest BCUT2D eigenvalue weighted by molar-refractivity contribution is 7.91. The van der Waals surface area contributed by atoms with Gasteiger partial charge in [0.1, 0.15) is 5.75 Å². The van der Waals surface area contributed by atoms with Crippen LogP contribution >= 0.6 is 11.3 Å². The normalized spacial score (nSPS) is 11.8. The van der Waals surface area contributed by atoms with Crippen LogP contribution in [-0.2, 0) is 11.2 Å². The molecule has 4 rings (SSSR count). The molecule has 1 N–H and O–H groups in total. The van der Waals surface area contributed by atoms with Gasteiger partial charge in [0.05, 0.1) is 12.8 Å². The summed E-state index contributed by atoms with van der Waals surface area (Å²) >= 11 is 0.0553. The van der Waals surface area contributed by atoms with Crippen molar-refractivity contribution in [3.05, 3.63) is 83.0 Å². The van der Waals surface area contributed by atoms with E-state index in [1.807, 2.05) is 55.6 Å². The monoisotopic (exact) mass is 463 g/mol. The number of amides is 1. The average Bonchev–Trinajstić information content (AvgIpc) is 3.27. The average molecular weight is 464 g/mol. The first kappa shape index (κ1) is 22.0. The van der Waals surface area contributed by atoms with Gasteiger partial charge in [0, 0.05) is 51.2 Å². The lowest BCUT2D eigenvalue weighted by molar-refractivity contribution is 0.102. The molecular formula is C24H21N3O3S2. The lowest BCUT2D eigenvalue weighted by Crippen LogP contribution is -2.11. The minimum Gasteiger partial charge on any atom is -0.606 e. The topological polar surface area (TPSA) is 87.2 Å². The molecule has 8 heteroatoms. The summed E-state index contributed by atoms with van der Waals surface area (Å²) in [5, 5.41) is 5.24. The Kier molecular flexibility index (Phi) is 6.55. The fraction of sp³-hybridized carbons (Fsp3) is 0.125. The number of carbonyl (C=O) groups is 1. The van der Waals surface area contributed by atoms with Crippen LogP contribution in [-0.4, -0.2) is 27.5 Å². The predicted octanol–water partition coefficient (Wildman–Crippen LogP) is 5.25. The quantitative estimate of drug-likeness (QED) is 0.395. The Morgan fingerprint density at radius 1 is 1.06 bits per heavy atom. The second-order valence-electron chi connectivity index (χ2n) is 7.11. The van der Waals surface area contributed by atoms with E-state index < -0.39 is 11.2 Å². The van der Waals surface area contributed by atoms with Crippen molar-refractivity contribution in [1.82, 2.24) is 9.97 Å². The summed E-state index contributed by atoms with van der Waals surface area (Å²) in [5.74, 6) is 0.496. The molecule has 2 aromatic heterocycles. The lowest BCUT2D eigenvalue weighted by Gasteiger charge is -2.16. The van der Waals surface area contributed by atoms with Crippen molar-refractivity contribution >= 4 is 33.6 Å². The van der Waals surface area contributed by atoms with Crippen molar-refractivity contribution in [3.63, 3.8) is 0 Å². The van der Waals surface area contributed by atoms with Crippen LogP contribution < -0.4 is 10.1 Å². The van der Waals surface area contributed by atoms with Gasteiger partial charge in [-0.05, 0) is 62.4 Å². The minimum absolute atomic E-state index is 0.231. The van der Waals surface area contributed by atoms with Crippen LogP contribution in [0, 0.1) is 13.8 Å². The zero-order valence-electron chi connectivity index (χ0n) is 17.8. The number of nitrogens with zero attached hydrogens (tertiary/aromatic N) is 2. The Morgan fingerprint density at radius 2 is 1.72 bits per heavy atom. The van der Waals surface area contributed by atoms with Crippen molar-refractivity contribution in [2.75, 3.05) is 12.4 Å². The van der Waals surface area contributed by atoms with Crippen molar-refractivity contribution in [2.24, 2.45) is 0 Å². The molecule has 1 atom stereocenters. The number of anilines is 1. The fourth-order valence-corrected chi connectivity index (χ4v) is 5.38. The number of hydrogen-bond donors (Lipinski definition) is 1. The third-order valence-electron chi connectivity index (χ3n) is 4.88. The molecule has 0 bridgehead atoms. The van der Waals surface area contributed by atoms with Crippen LogP contribution in [0.1, 0.15) is 21.5 Å². The summed E-state index contributed by atoms with van der Waals surface area (Å²) in [6.07, 6.45) is 3.15. The molecule has 2 heterocycles. The van der Waals surface area contributed by atoms with Gasteiger partial charge in [0.15, 0.2) is 14.9 Å². The standard InChI is InChI=1S/C24H21N3O3S2/c1-15-12-18(13-16(2)22(15)32(29)20-6-4-19(30-3)5-7-20)21-14-31-24(26-21)27-23(28)17-8-10-25-11-9-17/h4-14H,1-3H3,(H,26,27,28). The number of pyridine rings is 1. The first-order chi connectivity index (χ1) is 15.5. The highest BCUT2D eigenvalue weighted by Crippen LogP contribution is 2.33. The van der Waals surface area contributed by atoms with Crippen LogP contribution in [0.5, 0.6) is 5.75 Å². The van der Waals surface area contributed by atoms with Gasteiger partial charge in [-0.1, -0.05) is 0 Å². The molecule has 1 unspecified atom stereocenters. The highest BCUT2D eigenvalue weighted by Gasteiger charge is 2.22. The van der Waals surface area contributed by atoms with E-state index in [0.717, 1.165) is 37.9 Å². The number of rotatable bonds is 6. The van der Waals surface area contributed by atoms with Crippen LogP contribution in [0.3, 0.4) is 0 Å². The SMILES string of the molecule is COc1ccc([S+]([O-])c2c(C)cc(-c3csc(NC(=O)c4ccncc4)n3)cc2C)cc1. The summed E-state index contributed by atoms with van der Waals surface area (Å²) in [7, 11) is 1.60. The van der Waals surface area contributed by atoms with Crippen molar-refractivity contribution in [1.29, 1.82) is 0 Å². The number of nitrogens with one attached hydrogen (secondary N) is 1. The molecule has 2 aromatic carbocycles. The predicted molar refractivity (Wildman–Crippen MR) is 127 cm³/mol. The Hall–Kier alpha value is -3.20. The second kappa shape index (κ2) is 9.52. The highest BCUT2D eigenvalue weighted by atomic mass is 32.2. The maximum atomic E-state index is 13.2. The molecule has 0 saturated heterocycles. The largest absolute Gasteiger partial charge is 0.606 e. The molecule has 0 saturated carbocycles. The molecule has 0 aliphatic rings.